The summed E-state index contributed by atoms with van der Waals surface area (Å²) in [5, 5.41) is 11.8. The first-order valence-electron chi connectivity index (χ1n) is 8.46. The SMILES string of the molecule is Cc1cc(Oc2ncccc2C#N)ccc1NC(=O)c1ccc(OC(F)F)cc1. The van der Waals surface area contributed by atoms with Crippen LogP contribution in [0.3, 0.4) is 0 Å². The molecule has 3 aromatic rings. The van der Waals surface area contributed by atoms with E-state index in [1.165, 1.54) is 30.5 Å². The van der Waals surface area contributed by atoms with Gasteiger partial charge in [0.25, 0.3) is 5.91 Å². The second-order valence-electron chi connectivity index (χ2n) is 5.90. The maximum Gasteiger partial charge on any atom is 0.387 e. The van der Waals surface area contributed by atoms with E-state index >= 15 is 0 Å². The van der Waals surface area contributed by atoms with E-state index in [4.69, 9.17) is 10.00 Å². The van der Waals surface area contributed by atoms with Crippen LogP contribution in [0, 0.1) is 18.3 Å². The molecule has 3 rings (SSSR count). The number of nitrogens with one attached hydrogen (secondary N) is 1. The molecular weight excluding hydrogens is 380 g/mol. The number of ether oxygens (including phenoxy) is 2. The van der Waals surface area contributed by atoms with Crippen molar-refractivity contribution in [3.63, 3.8) is 0 Å². The van der Waals surface area contributed by atoms with Gasteiger partial charge in [0.2, 0.25) is 5.88 Å². The number of anilines is 1. The lowest BCUT2D eigenvalue weighted by atomic mass is 10.1. The van der Waals surface area contributed by atoms with E-state index in [2.05, 4.69) is 15.0 Å². The fourth-order valence-corrected chi connectivity index (χ4v) is 2.49. The molecule has 0 bridgehead atoms. The van der Waals surface area contributed by atoms with Gasteiger partial charge in [-0.25, -0.2) is 4.98 Å². The molecule has 0 saturated carbocycles. The van der Waals surface area contributed by atoms with E-state index in [0.717, 1.165) is 5.56 Å². The number of aromatic nitrogens is 1. The Morgan fingerprint density at radius 2 is 1.86 bits per heavy atom. The summed E-state index contributed by atoms with van der Waals surface area (Å²) in [6.07, 6.45) is 1.52. The van der Waals surface area contributed by atoms with Crippen LogP contribution < -0.4 is 14.8 Å². The fourth-order valence-electron chi connectivity index (χ4n) is 2.49. The lowest BCUT2D eigenvalue weighted by molar-refractivity contribution is -0.0498. The van der Waals surface area contributed by atoms with E-state index in [1.807, 2.05) is 6.07 Å². The third-order valence-corrected chi connectivity index (χ3v) is 3.89. The Labute approximate surface area is 165 Å². The molecule has 0 aliphatic heterocycles. The molecule has 8 heteroatoms. The molecule has 1 N–H and O–H groups in total. The number of hydrogen-bond donors (Lipinski definition) is 1. The topological polar surface area (TPSA) is 84.2 Å². The van der Waals surface area contributed by atoms with Crippen molar-refractivity contribution in [3.05, 3.63) is 77.5 Å². The number of benzene rings is 2. The molecule has 1 heterocycles. The Balaban J connectivity index is 1.70. The molecule has 146 valence electrons. The van der Waals surface area contributed by atoms with E-state index in [1.54, 1.807) is 37.3 Å². The number of pyridine rings is 1. The van der Waals surface area contributed by atoms with Gasteiger partial charge in [0.1, 0.15) is 23.1 Å². The summed E-state index contributed by atoms with van der Waals surface area (Å²) < 4.78 is 34.3. The Morgan fingerprint density at radius 3 is 2.52 bits per heavy atom. The van der Waals surface area contributed by atoms with Gasteiger partial charge in [0.15, 0.2) is 0 Å². The van der Waals surface area contributed by atoms with Crippen LogP contribution in [-0.4, -0.2) is 17.5 Å². The summed E-state index contributed by atoms with van der Waals surface area (Å²) in [4.78, 5) is 16.4. The molecule has 0 aliphatic rings. The second-order valence-corrected chi connectivity index (χ2v) is 5.90. The average Bonchev–Trinajstić information content (AvgIpc) is 2.70. The summed E-state index contributed by atoms with van der Waals surface area (Å²) in [6.45, 7) is -1.14. The van der Waals surface area contributed by atoms with Gasteiger partial charge in [0.05, 0.1) is 0 Å². The van der Waals surface area contributed by atoms with Crippen molar-refractivity contribution in [2.24, 2.45) is 0 Å². The third-order valence-electron chi connectivity index (χ3n) is 3.89. The van der Waals surface area contributed by atoms with Gasteiger partial charge in [-0.3, -0.25) is 4.79 Å². The smallest absolute Gasteiger partial charge is 0.387 e. The van der Waals surface area contributed by atoms with E-state index in [9.17, 15) is 13.6 Å². The number of alkyl halides is 2. The zero-order chi connectivity index (χ0) is 20.8. The number of rotatable bonds is 6. The van der Waals surface area contributed by atoms with Gasteiger partial charge in [-0.05, 0) is 67.1 Å². The van der Waals surface area contributed by atoms with Gasteiger partial charge in [0, 0.05) is 17.4 Å². The fraction of sp³-hybridized carbons (Fsp3) is 0.0952. The first-order chi connectivity index (χ1) is 14.0. The quantitative estimate of drug-likeness (QED) is 0.641. The van der Waals surface area contributed by atoms with E-state index in [0.29, 0.717) is 22.6 Å². The summed E-state index contributed by atoms with van der Waals surface area (Å²) in [7, 11) is 0. The monoisotopic (exact) mass is 395 g/mol. The predicted molar refractivity (Wildman–Crippen MR) is 101 cm³/mol. The minimum atomic E-state index is -2.92. The van der Waals surface area contributed by atoms with Crippen molar-refractivity contribution in [2.75, 3.05) is 5.32 Å². The number of nitriles is 1. The molecule has 0 radical (unpaired) electrons. The molecule has 0 atom stereocenters. The predicted octanol–water partition coefficient (Wildman–Crippen LogP) is 4.91. The molecule has 0 aliphatic carbocycles. The highest BCUT2D eigenvalue weighted by molar-refractivity contribution is 6.04. The van der Waals surface area contributed by atoms with Crippen molar-refractivity contribution in [1.29, 1.82) is 5.26 Å². The Hall–Kier alpha value is -3.99. The van der Waals surface area contributed by atoms with E-state index < -0.39 is 12.5 Å². The minimum absolute atomic E-state index is 0.0273. The van der Waals surface area contributed by atoms with Gasteiger partial charge >= 0.3 is 6.61 Å². The van der Waals surface area contributed by atoms with E-state index in [-0.39, 0.29) is 11.6 Å². The number of carbonyl (C=O) groups is 1. The normalized spacial score (nSPS) is 10.3. The minimum Gasteiger partial charge on any atom is -0.438 e. The maximum atomic E-state index is 12.4. The van der Waals surface area contributed by atoms with Crippen LogP contribution in [0.2, 0.25) is 0 Å². The second kappa shape index (κ2) is 8.80. The van der Waals surface area contributed by atoms with Crippen LogP contribution in [0.5, 0.6) is 17.4 Å². The van der Waals surface area contributed by atoms with Gasteiger partial charge in [-0.1, -0.05) is 0 Å². The molecule has 1 aromatic heterocycles. The lowest BCUT2D eigenvalue weighted by Gasteiger charge is -2.12. The van der Waals surface area contributed by atoms with Crippen molar-refractivity contribution in [3.8, 4) is 23.4 Å². The standard InChI is InChI=1S/C21H15F2N3O3/c1-13-11-17(28-20-15(12-24)3-2-10-25-20)8-9-18(13)26-19(27)14-4-6-16(7-5-14)29-21(22)23/h2-11,21H,1H3,(H,26,27). The third kappa shape index (κ3) is 5.05. The molecule has 1 amide bonds. The largest absolute Gasteiger partial charge is 0.438 e. The first-order valence-corrected chi connectivity index (χ1v) is 8.46. The lowest BCUT2D eigenvalue weighted by Crippen LogP contribution is -2.13. The summed E-state index contributed by atoms with van der Waals surface area (Å²) in [6, 6.07) is 15.6. The Morgan fingerprint density at radius 1 is 1.14 bits per heavy atom. The van der Waals surface area contributed by atoms with Crippen molar-refractivity contribution in [1.82, 2.24) is 4.98 Å². The summed E-state index contributed by atoms with van der Waals surface area (Å²) >= 11 is 0. The van der Waals surface area contributed by atoms with Crippen LogP contribution in [0.4, 0.5) is 14.5 Å². The average molecular weight is 395 g/mol. The molecule has 2 aromatic carbocycles. The molecule has 6 nitrogen and oxygen atoms in total. The van der Waals surface area contributed by atoms with Crippen LogP contribution in [-0.2, 0) is 0 Å². The zero-order valence-electron chi connectivity index (χ0n) is 15.2. The molecule has 0 fully saturated rings. The van der Waals surface area contributed by atoms with Gasteiger partial charge in [-0.2, -0.15) is 14.0 Å². The van der Waals surface area contributed by atoms with Gasteiger partial charge < -0.3 is 14.8 Å². The molecule has 0 unspecified atom stereocenters. The summed E-state index contributed by atoms with van der Waals surface area (Å²) in [5.41, 5.74) is 1.88. The van der Waals surface area contributed by atoms with Gasteiger partial charge in [-0.15, -0.1) is 0 Å². The number of hydrogen-bond acceptors (Lipinski definition) is 5. The Bertz CT molecular complexity index is 1060. The number of nitrogens with zero attached hydrogens (tertiary/aromatic N) is 2. The molecule has 29 heavy (non-hydrogen) atoms. The molecular formula is C21H15F2N3O3. The highest BCUT2D eigenvalue weighted by atomic mass is 19.3. The molecule has 0 spiro atoms. The number of halogens is 2. The maximum absolute atomic E-state index is 12.4. The van der Waals surface area contributed by atoms with Crippen LogP contribution >= 0.6 is 0 Å². The molecule has 0 saturated heterocycles. The highest BCUT2D eigenvalue weighted by Crippen LogP contribution is 2.27. The number of aryl methyl sites for hydroxylation is 1. The van der Waals surface area contributed by atoms with Crippen LogP contribution in [0.15, 0.2) is 60.8 Å². The summed E-state index contributed by atoms with van der Waals surface area (Å²) in [5.74, 6) is 0.226. The van der Waals surface area contributed by atoms with Crippen molar-refractivity contribution >= 4 is 11.6 Å². The number of amides is 1. The number of carbonyl (C=O) groups excluding carboxylic acids is 1. The van der Waals surface area contributed by atoms with Crippen molar-refractivity contribution < 1.29 is 23.0 Å². The first kappa shape index (κ1) is 19.8. The highest BCUT2D eigenvalue weighted by Gasteiger charge is 2.11. The van der Waals surface area contributed by atoms with Crippen molar-refractivity contribution in [2.45, 2.75) is 13.5 Å². The van der Waals surface area contributed by atoms with Crippen LogP contribution in [0.25, 0.3) is 0 Å². The Kier molecular flexibility index (Phi) is 6.00. The zero-order valence-corrected chi connectivity index (χ0v) is 15.2. The van der Waals surface area contributed by atoms with Crippen LogP contribution in [0.1, 0.15) is 21.5 Å².